The van der Waals surface area contributed by atoms with Crippen molar-refractivity contribution in [2.24, 2.45) is 0 Å². The Labute approximate surface area is 239 Å². The maximum Gasteiger partial charge on any atom is 0.436 e. The highest BCUT2D eigenvalue weighted by Gasteiger charge is 2.49. The van der Waals surface area contributed by atoms with E-state index in [9.17, 15) is 22.8 Å². The van der Waals surface area contributed by atoms with E-state index in [4.69, 9.17) is 0 Å². The number of rotatable bonds is 15. The van der Waals surface area contributed by atoms with Gasteiger partial charge in [0, 0.05) is 23.5 Å². The second-order valence-electron chi connectivity index (χ2n) is 9.94. The molecule has 1 unspecified atom stereocenters. The number of ether oxygens (including phenoxy) is 2. The molecule has 0 spiro atoms. The number of benzene rings is 2. The summed E-state index contributed by atoms with van der Waals surface area (Å²) in [6, 6.07) is 14.0. The van der Waals surface area contributed by atoms with Gasteiger partial charge in [-0.05, 0) is 42.5 Å². The molecule has 0 aliphatic heterocycles. The molecule has 0 fully saturated rings. The van der Waals surface area contributed by atoms with Gasteiger partial charge in [-0.25, -0.2) is 19.6 Å². The van der Waals surface area contributed by atoms with Gasteiger partial charge in [0.2, 0.25) is 0 Å². The highest BCUT2D eigenvalue weighted by Crippen LogP contribution is 2.26. The molecule has 2 aromatic carbocycles. The number of nitrogens with zero attached hydrogens (tertiary/aromatic N) is 2. The molecule has 3 rings (SSSR count). The van der Waals surface area contributed by atoms with Gasteiger partial charge in [0.25, 0.3) is 6.10 Å². The Morgan fingerprint density at radius 1 is 0.756 bits per heavy atom. The first-order chi connectivity index (χ1) is 19.7. The number of hydrogen-bond acceptors (Lipinski definition) is 6. The van der Waals surface area contributed by atoms with Crippen LogP contribution in [0.2, 0.25) is 0 Å². The van der Waals surface area contributed by atoms with E-state index in [1.54, 1.807) is 31.5 Å². The molecule has 0 radical (unpaired) electrons. The summed E-state index contributed by atoms with van der Waals surface area (Å²) in [5.74, 6) is -2.34. The molecule has 0 bridgehead atoms. The minimum Gasteiger partial charge on any atom is -0.463 e. The van der Waals surface area contributed by atoms with Gasteiger partial charge in [0.15, 0.2) is 5.82 Å². The summed E-state index contributed by atoms with van der Waals surface area (Å²) in [7, 11) is 0. The highest BCUT2D eigenvalue weighted by molar-refractivity contribution is 5.92. The van der Waals surface area contributed by atoms with E-state index in [0.717, 1.165) is 12.0 Å². The van der Waals surface area contributed by atoms with Crippen LogP contribution in [0.15, 0.2) is 60.9 Å². The average molecular weight is 571 g/mol. The highest BCUT2D eigenvalue weighted by atomic mass is 19.4. The van der Waals surface area contributed by atoms with E-state index in [0.29, 0.717) is 29.8 Å². The molecular weight excluding hydrogens is 533 g/mol. The third-order valence-electron chi connectivity index (χ3n) is 6.62. The summed E-state index contributed by atoms with van der Waals surface area (Å²) in [4.78, 5) is 33.1. The summed E-state index contributed by atoms with van der Waals surface area (Å²) in [5, 5.41) is 0. The van der Waals surface area contributed by atoms with Crippen molar-refractivity contribution in [3.63, 3.8) is 0 Å². The normalized spacial score (nSPS) is 12.1. The summed E-state index contributed by atoms with van der Waals surface area (Å²) in [6.07, 6.45) is 4.87. The molecule has 41 heavy (non-hydrogen) atoms. The van der Waals surface area contributed by atoms with Crippen LogP contribution < -0.4 is 0 Å². The SMILES string of the molecule is CCCCCCCCc1ccc(-c2ncc(-c3ccc(C(=O)OC(C(=O)OCCCC)C(F)(F)F)cc3)cn2)cc1. The number of aromatic nitrogens is 2. The predicted molar refractivity (Wildman–Crippen MR) is 151 cm³/mol. The molecule has 9 heteroatoms. The first-order valence-electron chi connectivity index (χ1n) is 14.2. The van der Waals surface area contributed by atoms with Crippen LogP contribution in [0.4, 0.5) is 13.2 Å². The van der Waals surface area contributed by atoms with Gasteiger partial charge in [-0.3, -0.25) is 0 Å². The molecule has 0 aliphatic rings. The van der Waals surface area contributed by atoms with Gasteiger partial charge < -0.3 is 9.47 Å². The minimum atomic E-state index is -5.09. The van der Waals surface area contributed by atoms with Crippen molar-refractivity contribution in [3.05, 3.63) is 72.1 Å². The number of hydrogen-bond donors (Lipinski definition) is 0. The Bertz CT molecular complexity index is 1230. The minimum absolute atomic E-state index is 0.136. The number of esters is 2. The molecule has 220 valence electrons. The van der Waals surface area contributed by atoms with Crippen LogP contribution in [0, 0.1) is 0 Å². The quantitative estimate of drug-likeness (QED) is 0.136. The fourth-order valence-corrected chi connectivity index (χ4v) is 4.17. The zero-order valence-electron chi connectivity index (χ0n) is 23.6. The number of alkyl halides is 3. The summed E-state index contributed by atoms with van der Waals surface area (Å²) in [5.41, 5.74) is 3.38. The third kappa shape index (κ3) is 9.99. The van der Waals surface area contributed by atoms with Crippen LogP contribution in [0.1, 0.15) is 81.1 Å². The predicted octanol–water partition coefficient (Wildman–Crippen LogP) is 8.14. The zero-order valence-corrected chi connectivity index (χ0v) is 23.6. The van der Waals surface area contributed by atoms with Crippen LogP contribution in [0.5, 0.6) is 0 Å². The van der Waals surface area contributed by atoms with E-state index in [2.05, 4.69) is 38.5 Å². The van der Waals surface area contributed by atoms with Gasteiger partial charge >= 0.3 is 18.1 Å². The Morgan fingerprint density at radius 3 is 1.95 bits per heavy atom. The first kappa shape index (κ1) is 31.8. The van der Waals surface area contributed by atoms with E-state index < -0.39 is 24.2 Å². The van der Waals surface area contributed by atoms with E-state index in [1.165, 1.54) is 56.2 Å². The Hall–Kier alpha value is -3.75. The zero-order chi connectivity index (χ0) is 29.7. The van der Waals surface area contributed by atoms with Crippen LogP contribution in [0.3, 0.4) is 0 Å². The van der Waals surface area contributed by atoms with Crippen molar-refractivity contribution in [2.75, 3.05) is 6.61 Å². The molecule has 6 nitrogen and oxygen atoms in total. The van der Waals surface area contributed by atoms with Crippen molar-refractivity contribution < 1.29 is 32.2 Å². The standard InChI is InChI=1S/C32H37F3N2O4/c1-3-5-7-8-9-10-11-23-12-14-25(15-13-23)29-36-21-27(22-37-29)24-16-18-26(19-17-24)30(38)41-28(32(33,34)35)31(39)40-20-6-4-2/h12-19,21-22,28H,3-11,20H2,1-2H3. The van der Waals surface area contributed by atoms with Gasteiger partial charge in [-0.1, -0.05) is 88.8 Å². The summed E-state index contributed by atoms with van der Waals surface area (Å²) in [6.45, 7) is 3.84. The summed E-state index contributed by atoms with van der Waals surface area (Å²) >= 11 is 0. The fraction of sp³-hybridized carbons (Fsp3) is 0.438. The number of aryl methyl sites for hydroxylation is 1. The first-order valence-corrected chi connectivity index (χ1v) is 14.2. The van der Waals surface area contributed by atoms with Gasteiger partial charge in [0.05, 0.1) is 12.2 Å². The smallest absolute Gasteiger partial charge is 0.436 e. The lowest BCUT2D eigenvalue weighted by molar-refractivity contribution is -0.218. The number of unbranched alkanes of at least 4 members (excludes halogenated alkanes) is 6. The van der Waals surface area contributed by atoms with Crippen LogP contribution in [-0.2, 0) is 20.7 Å². The van der Waals surface area contributed by atoms with Crippen molar-refractivity contribution in [3.8, 4) is 22.5 Å². The molecular formula is C32H37F3N2O4. The van der Waals surface area contributed by atoms with Crippen molar-refractivity contribution in [1.82, 2.24) is 9.97 Å². The topological polar surface area (TPSA) is 78.4 Å². The Morgan fingerprint density at radius 2 is 1.34 bits per heavy atom. The lowest BCUT2D eigenvalue weighted by Gasteiger charge is -2.19. The number of carbonyl (C=O) groups is 2. The van der Waals surface area contributed by atoms with Gasteiger partial charge in [-0.2, -0.15) is 13.2 Å². The van der Waals surface area contributed by atoms with Gasteiger partial charge in [-0.15, -0.1) is 0 Å². The summed E-state index contributed by atoms with van der Waals surface area (Å²) < 4.78 is 49.1. The lowest BCUT2D eigenvalue weighted by atomic mass is 10.0. The average Bonchev–Trinajstić information content (AvgIpc) is 2.97. The molecule has 0 saturated carbocycles. The maximum atomic E-state index is 13.3. The molecule has 3 aromatic rings. The molecule has 1 atom stereocenters. The number of halogens is 3. The molecule has 0 N–H and O–H groups in total. The molecule has 1 heterocycles. The molecule has 0 aliphatic carbocycles. The Kier molecular flexibility index (Phi) is 12.3. The van der Waals surface area contributed by atoms with E-state index >= 15 is 0 Å². The monoisotopic (exact) mass is 570 g/mol. The number of carbonyl (C=O) groups excluding carboxylic acids is 2. The molecule has 0 saturated heterocycles. The van der Waals surface area contributed by atoms with Crippen LogP contribution in [-0.4, -0.2) is 40.8 Å². The van der Waals surface area contributed by atoms with Crippen molar-refractivity contribution in [1.29, 1.82) is 0 Å². The van der Waals surface area contributed by atoms with Gasteiger partial charge in [0.1, 0.15) is 0 Å². The van der Waals surface area contributed by atoms with Crippen molar-refractivity contribution in [2.45, 2.75) is 83.9 Å². The Balaban J connectivity index is 1.58. The van der Waals surface area contributed by atoms with E-state index in [1.807, 2.05) is 12.1 Å². The van der Waals surface area contributed by atoms with Crippen molar-refractivity contribution >= 4 is 11.9 Å². The fourth-order valence-electron chi connectivity index (χ4n) is 4.17. The van der Waals surface area contributed by atoms with E-state index in [-0.39, 0.29) is 12.2 Å². The second kappa shape index (κ2) is 15.9. The second-order valence-corrected chi connectivity index (χ2v) is 9.94. The maximum absolute atomic E-state index is 13.3. The van der Waals surface area contributed by atoms with Crippen LogP contribution >= 0.6 is 0 Å². The van der Waals surface area contributed by atoms with Crippen LogP contribution in [0.25, 0.3) is 22.5 Å². The lowest BCUT2D eigenvalue weighted by Crippen LogP contribution is -2.42. The molecule has 1 aromatic heterocycles. The third-order valence-corrected chi connectivity index (χ3v) is 6.62. The largest absolute Gasteiger partial charge is 0.463 e. The molecule has 0 amide bonds.